The van der Waals surface area contributed by atoms with Crippen LogP contribution in [0.5, 0.6) is 0 Å². The molecule has 116 valence electrons. The Kier molecular flexibility index (Phi) is 4.88. The van der Waals surface area contributed by atoms with Gasteiger partial charge in [-0.15, -0.1) is 0 Å². The van der Waals surface area contributed by atoms with E-state index in [9.17, 15) is 4.79 Å². The van der Waals surface area contributed by atoms with E-state index in [0.717, 1.165) is 22.2 Å². The lowest BCUT2D eigenvalue weighted by Crippen LogP contribution is -2.16. The van der Waals surface area contributed by atoms with Crippen LogP contribution in [0, 0.1) is 0 Å². The van der Waals surface area contributed by atoms with Crippen LogP contribution in [0.2, 0.25) is 0 Å². The first-order valence-corrected chi connectivity index (χ1v) is 8.48. The van der Waals surface area contributed by atoms with Gasteiger partial charge in [-0.3, -0.25) is 4.79 Å². The van der Waals surface area contributed by atoms with Gasteiger partial charge in [0, 0.05) is 5.39 Å². The molecule has 1 aromatic heterocycles. The Morgan fingerprint density at radius 3 is 2.57 bits per heavy atom. The van der Waals surface area contributed by atoms with Crippen LogP contribution in [0.3, 0.4) is 0 Å². The predicted octanol–water partition coefficient (Wildman–Crippen LogP) is 3.92. The second-order valence-electron chi connectivity index (χ2n) is 5.02. The lowest BCUT2D eigenvalue weighted by molar-refractivity contribution is -0.115. The minimum absolute atomic E-state index is 0.0764. The van der Waals surface area contributed by atoms with Crippen LogP contribution < -0.4 is 5.32 Å². The summed E-state index contributed by atoms with van der Waals surface area (Å²) in [7, 11) is 0. The Balaban J connectivity index is 1.87. The standard InChI is InChI=1S/C18H17N3OS/c1-2-23-18-19-15-11-7-6-10-14(15)17(21-18)20-16(22)12-13-8-4-3-5-9-13/h3-11H,2,12H2,1H3,(H,19,20,21,22). The summed E-state index contributed by atoms with van der Waals surface area (Å²) in [5.41, 5.74) is 1.82. The van der Waals surface area contributed by atoms with Crippen molar-refractivity contribution in [2.24, 2.45) is 0 Å². The van der Waals surface area contributed by atoms with Crippen LogP contribution in [0.25, 0.3) is 10.9 Å². The molecule has 1 amide bonds. The van der Waals surface area contributed by atoms with Crippen molar-refractivity contribution in [3.63, 3.8) is 0 Å². The van der Waals surface area contributed by atoms with Crippen molar-refractivity contribution in [2.75, 3.05) is 11.1 Å². The summed E-state index contributed by atoms with van der Waals surface area (Å²) >= 11 is 1.56. The van der Waals surface area contributed by atoms with Crippen LogP contribution in [-0.4, -0.2) is 21.6 Å². The number of nitrogens with one attached hydrogen (secondary N) is 1. The largest absolute Gasteiger partial charge is 0.310 e. The van der Waals surface area contributed by atoms with Gasteiger partial charge in [-0.25, -0.2) is 9.97 Å². The number of anilines is 1. The van der Waals surface area contributed by atoms with Crippen molar-refractivity contribution in [1.29, 1.82) is 0 Å². The molecule has 0 aliphatic heterocycles. The number of hydrogen-bond donors (Lipinski definition) is 1. The van der Waals surface area contributed by atoms with Crippen LogP contribution >= 0.6 is 11.8 Å². The van der Waals surface area contributed by atoms with Crippen LogP contribution in [0.4, 0.5) is 5.82 Å². The maximum absolute atomic E-state index is 12.3. The number of carbonyl (C=O) groups is 1. The Labute approximate surface area is 139 Å². The van der Waals surface area contributed by atoms with Gasteiger partial charge in [0.05, 0.1) is 11.9 Å². The lowest BCUT2D eigenvalue weighted by Gasteiger charge is -2.09. The molecule has 23 heavy (non-hydrogen) atoms. The number of thioether (sulfide) groups is 1. The minimum atomic E-state index is -0.0764. The number of aromatic nitrogens is 2. The number of carbonyl (C=O) groups excluding carboxylic acids is 1. The fraction of sp³-hybridized carbons (Fsp3) is 0.167. The molecule has 3 aromatic rings. The molecule has 0 atom stereocenters. The maximum atomic E-state index is 12.3. The van der Waals surface area contributed by atoms with Crippen LogP contribution in [0.1, 0.15) is 12.5 Å². The van der Waals surface area contributed by atoms with Crippen molar-refractivity contribution in [2.45, 2.75) is 18.5 Å². The second kappa shape index (κ2) is 7.24. The van der Waals surface area contributed by atoms with Gasteiger partial charge in [-0.1, -0.05) is 61.2 Å². The number of hydrogen-bond acceptors (Lipinski definition) is 4. The Hall–Kier alpha value is -2.40. The highest BCUT2D eigenvalue weighted by Crippen LogP contribution is 2.24. The van der Waals surface area contributed by atoms with E-state index < -0.39 is 0 Å². The lowest BCUT2D eigenvalue weighted by atomic mass is 10.1. The molecule has 0 fully saturated rings. The molecule has 1 heterocycles. The average Bonchev–Trinajstić information content (AvgIpc) is 2.56. The fourth-order valence-corrected chi connectivity index (χ4v) is 2.88. The molecule has 0 aliphatic carbocycles. The highest BCUT2D eigenvalue weighted by molar-refractivity contribution is 7.99. The van der Waals surface area contributed by atoms with E-state index in [1.165, 1.54) is 0 Å². The molecule has 2 aromatic carbocycles. The molecule has 0 spiro atoms. The first-order chi connectivity index (χ1) is 11.3. The molecule has 3 rings (SSSR count). The molecule has 0 radical (unpaired) electrons. The smallest absolute Gasteiger partial charge is 0.229 e. The third-order valence-electron chi connectivity index (χ3n) is 3.32. The van der Waals surface area contributed by atoms with E-state index in [-0.39, 0.29) is 5.91 Å². The van der Waals surface area contributed by atoms with Crippen LogP contribution in [0.15, 0.2) is 59.8 Å². The van der Waals surface area contributed by atoms with Crippen LogP contribution in [-0.2, 0) is 11.2 Å². The Bertz CT molecular complexity index is 821. The van der Waals surface area contributed by atoms with E-state index in [1.807, 2.05) is 54.6 Å². The van der Waals surface area contributed by atoms with E-state index >= 15 is 0 Å². The first-order valence-electron chi connectivity index (χ1n) is 7.49. The first kappa shape index (κ1) is 15.5. The number of rotatable bonds is 5. The fourth-order valence-electron chi connectivity index (χ4n) is 2.30. The molecule has 4 nitrogen and oxygen atoms in total. The van der Waals surface area contributed by atoms with E-state index in [2.05, 4.69) is 22.2 Å². The zero-order valence-corrected chi connectivity index (χ0v) is 13.6. The summed E-state index contributed by atoms with van der Waals surface area (Å²) in [6.07, 6.45) is 0.329. The summed E-state index contributed by atoms with van der Waals surface area (Å²) < 4.78 is 0. The van der Waals surface area contributed by atoms with Gasteiger partial charge in [-0.2, -0.15) is 0 Å². The van der Waals surface area contributed by atoms with Crippen molar-refractivity contribution < 1.29 is 4.79 Å². The van der Waals surface area contributed by atoms with Gasteiger partial charge in [0.25, 0.3) is 0 Å². The minimum Gasteiger partial charge on any atom is -0.310 e. The normalized spacial score (nSPS) is 10.7. The molecule has 0 unspecified atom stereocenters. The zero-order chi connectivity index (χ0) is 16.1. The number of benzene rings is 2. The molecular formula is C18H17N3OS. The Morgan fingerprint density at radius 1 is 1.04 bits per heavy atom. The Morgan fingerprint density at radius 2 is 1.78 bits per heavy atom. The number of fused-ring (bicyclic) bond motifs is 1. The van der Waals surface area contributed by atoms with E-state index in [4.69, 9.17) is 0 Å². The summed E-state index contributed by atoms with van der Waals surface area (Å²) in [6, 6.07) is 17.4. The van der Waals surface area contributed by atoms with Crippen molar-refractivity contribution in [1.82, 2.24) is 9.97 Å². The van der Waals surface area contributed by atoms with Gasteiger partial charge >= 0.3 is 0 Å². The summed E-state index contributed by atoms with van der Waals surface area (Å²) in [5.74, 6) is 1.38. The quantitative estimate of drug-likeness (QED) is 0.571. The second-order valence-corrected chi connectivity index (χ2v) is 6.25. The monoisotopic (exact) mass is 323 g/mol. The van der Waals surface area contributed by atoms with E-state index in [0.29, 0.717) is 17.4 Å². The predicted molar refractivity (Wildman–Crippen MR) is 94.7 cm³/mol. The SMILES string of the molecule is CCSc1nc(NC(=O)Cc2ccccc2)c2ccccc2n1. The highest BCUT2D eigenvalue weighted by Gasteiger charge is 2.11. The summed E-state index contributed by atoms with van der Waals surface area (Å²) in [6.45, 7) is 2.05. The molecular weight excluding hydrogens is 306 g/mol. The van der Waals surface area contributed by atoms with Gasteiger partial charge in [0.2, 0.25) is 5.91 Å². The van der Waals surface area contributed by atoms with Crippen molar-refractivity contribution in [3.8, 4) is 0 Å². The average molecular weight is 323 g/mol. The molecule has 0 saturated heterocycles. The van der Waals surface area contributed by atoms with Gasteiger partial charge < -0.3 is 5.32 Å². The zero-order valence-electron chi connectivity index (χ0n) is 12.8. The number of amides is 1. The molecule has 0 bridgehead atoms. The third kappa shape index (κ3) is 3.87. The van der Waals surface area contributed by atoms with Gasteiger partial charge in [-0.05, 0) is 23.4 Å². The highest BCUT2D eigenvalue weighted by atomic mass is 32.2. The van der Waals surface area contributed by atoms with Crippen molar-refractivity contribution >= 4 is 34.4 Å². The van der Waals surface area contributed by atoms with E-state index in [1.54, 1.807) is 11.8 Å². The van der Waals surface area contributed by atoms with Gasteiger partial charge in [0.15, 0.2) is 5.16 Å². The maximum Gasteiger partial charge on any atom is 0.229 e. The molecule has 0 aliphatic rings. The summed E-state index contributed by atoms with van der Waals surface area (Å²) in [5, 5.41) is 4.47. The number of para-hydroxylation sites is 1. The molecule has 5 heteroatoms. The van der Waals surface area contributed by atoms with Gasteiger partial charge in [0.1, 0.15) is 5.82 Å². The molecule has 1 N–H and O–H groups in total. The summed E-state index contributed by atoms with van der Waals surface area (Å²) in [4.78, 5) is 21.3. The molecule has 0 saturated carbocycles. The number of nitrogens with zero attached hydrogens (tertiary/aromatic N) is 2. The van der Waals surface area contributed by atoms with Crippen molar-refractivity contribution in [3.05, 3.63) is 60.2 Å². The topological polar surface area (TPSA) is 54.9 Å². The third-order valence-corrected chi connectivity index (χ3v) is 4.05.